The standard InChI is InChI=1S/C21H24N4O4S3/c1-13-12-30-21(22-13)31-18-6-4-17(5-7-18)23-20(26)16-8-10-25(11-9-16)32(27,28)19-14(2)24-29-15(19)3/h4-7,12,16H,8-11H2,1-3H3,(H,23,26). The fourth-order valence-corrected chi connectivity index (χ4v) is 7.23. The molecule has 1 aliphatic heterocycles. The van der Waals surface area contributed by atoms with Crippen molar-refractivity contribution in [2.24, 2.45) is 5.92 Å². The van der Waals surface area contributed by atoms with Crippen molar-refractivity contribution in [1.82, 2.24) is 14.4 Å². The maximum absolute atomic E-state index is 12.9. The third kappa shape index (κ3) is 4.90. The molecule has 1 saturated heterocycles. The number of nitrogens with zero attached hydrogens (tertiary/aromatic N) is 3. The first-order chi connectivity index (χ1) is 15.2. The molecule has 1 aliphatic rings. The van der Waals surface area contributed by atoms with Gasteiger partial charge in [0, 0.05) is 40.7 Å². The van der Waals surface area contributed by atoms with Crippen LogP contribution in [0, 0.1) is 26.7 Å². The van der Waals surface area contributed by atoms with Crippen molar-refractivity contribution >= 4 is 44.7 Å². The molecule has 1 N–H and O–H groups in total. The first kappa shape index (κ1) is 23.0. The molecule has 170 valence electrons. The minimum Gasteiger partial charge on any atom is -0.360 e. The first-order valence-corrected chi connectivity index (χ1v) is 13.3. The monoisotopic (exact) mass is 492 g/mol. The second kappa shape index (κ2) is 9.34. The Kier molecular flexibility index (Phi) is 6.70. The molecular weight excluding hydrogens is 468 g/mol. The molecule has 1 aromatic carbocycles. The van der Waals surface area contributed by atoms with E-state index >= 15 is 0 Å². The van der Waals surface area contributed by atoms with Gasteiger partial charge in [0.05, 0.1) is 0 Å². The van der Waals surface area contributed by atoms with Crippen LogP contribution in [0.25, 0.3) is 0 Å². The van der Waals surface area contributed by atoms with Crippen molar-refractivity contribution in [3.8, 4) is 0 Å². The summed E-state index contributed by atoms with van der Waals surface area (Å²) >= 11 is 3.20. The molecule has 4 rings (SSSR count). The van der Waals surface area contributed by atoms with Crippen molar-refractivity contribution < 1.29 is 17.7 Å². The van der Waals surface area contributed by atoms with E-state index < -0.39 is 10.0 Å². The minimum atomic E-state index is -3.68. The zero-order valence-corrected chi connectivity index (χ0v) is 20.4. The highest BCUT2D eigenvalue weighted by Gasteiger charge is 2.35. The highest BCUT2D eigenvalue weighted by atomic mass is 32.2. The Hall–Kier alpha value is -2.21. The largest absolute Gasteiger partial charge is 0.360 e. The van der Waals surface area contributed by atoms with Crippen molar-refractivity contribution in [3.63, 3.8) is 0 Å². The summed E-state index contributed by atoms with van der Waals surface area (Å²) in [5.74, 6) is -0.0391. The SMILES string of the molecule is Cc1csc(Sc2ccc(NC(=O)C3CCN(S(=O)(=O)c4c(C)noc4C)CC3)cc2)n1. The zero-order chi connectivity index (χ0) is 22.9. The zero-order valence-electron chi connectivity index (χ0n) is 18.0. The lowest BCUT2D eigenvalue weighted by Gasteiger charge is -2.30. The molecule has 11 heteroatoms. The van der Waals surface area contributed by atoms with Gasteiger partial charge in [-0.1, -0.05) is 16.9 Å². The van der Waals surface area contributed by atoms with Crippen LogP contribution in [0.3, 0.4) is 0 Å². The third-order valence-electron chi connectivity index (χ3n) is 5.32. The number of sulfonamides is 1. The Balaban J connectivity index is 1.33. The molecule has 0 bridgehead atoms. The molecule has 0 spiro atoms. The number of rotatable bonds is 6. The molecule has 8 nitrogen and oxygen atoms in total. The Labute approximate surface area is 195 Å². The smallest absolute Gasteiger partial charge is 0.248 e. The fourth-order valence-electron chi connectivity index (χ4n) is 3.66. The van der Waals surface area contributed by atoms with Crippen molar-refractivity contribution in [2.75, 3.05) is 18.4 Å². The van der Waals surface area contributed by atoms with Gasteiger partial charge >= 0.3 is 0 Å². The maximum atomic E-state index is 12.9. The van der Waals surface area contributed by atoms with Crippen LogP contribution in [0.4, 0.5) is 5.69 Å². The lowest BCUT2D eigenvalue weighted by Crippen LogP contribution is -2.41. The van der Waals surface area contributed by atoms with Crippen LogP contribution in [0.15, 0.2) is 48.3 Å². The number of piperidine rings is 1. The topological polar surface area (TPSA) is 105 Å². The summed E-state index contributed by atoms with van der Waals surface area (Å²) in [5.41, 5.74) is 2.08. The normalized spacial score (nSPS) is 15.7. The number of hydrogen-bond acceptors (Lipinski definition) is 8. The van der Waals surface area contributed by atoms with Gasteiger partial charge in [-0.05, 0) is 57.9 Å². The van der Waals surface area contributed by atoms with Crippen LogP contribution < -0.4 is 5.32 Å². The van der Waals surface area contributed by atoms with Gasteiger partial charge in [0.2, 0.25) is 15.9 Å². The van der Waals surface area contributed by atoms with Crippen molar-refractivity contribution in [1.29, 1.82) is 0 Å². The molecule has 32 heavy (non-hydrogen) atoms. The summed E-state index contributed by atoms with van der Waals surface area (Å²) < 4.78 is 33.3. The summed E-state index contributed by atoms with van der Waals surface area (Å²) in [5, 5.41) is 8.72. The van der Waals surface area contributed by atoms with Crippen LogP contribution in [-0.4, -0.2) is 41.9 Å². The summed E-state index contributed by atoms with van der Waals surface area (Å²) in [4.78, 5) is 18.3. The summed E-state index contributed by atoms with van der Waals surface area (Å²) in [6.07, 6.45) is 0.928. The Morgan fingerprint density at radius 2 is 1.88 bits per heavy atom. The number of carbonyl (C=O) groups is 1. The quantitative estimate of drug-likeness (QED) is 0.548. The number of hydrogen-bond donors (Lipinski definition) is 1. The third-order valence-corrected chi connectivity index (χ3v) is 9.52. The molecule has 0 unspecified atom stereocenters. The molecule has 3 heterocycles. The molecule has 0 atom stereocenters. The predicted octanol–water partition coefficient (Wildman–Crippen LogP) is 4.25. The highest BCUT2D eigenvalue weighted by Crippen LogP contribution is 2.31. The summed E-state index contributed by atoms with van der Waals surface area (Å²) in [7, 11) is -3.68. The van der Waals surface area contributed by atoms with Crippen LogP contribution in [-0.2, 0) is 14.8 Å². The molecule has 0 aliphatic carbocycles. The van der Waals surface area contributed by atoms with E-state index in [-0.39, 0.29) is 35.6 Å². The second-order valence-corrected chi connectivity index (χ2v) is 11.8. The summed E-state index contributed by atoms with van der Waals surface area (Å²) in [6.45, 7) is 5.75. The van der Waals surface area contributed by atoms with E-state index in [2.05, 4.69) is 15.5 Å². The minimum absolute atomic E-state index is 0.0876. The van der Waals surface area contributed by atoms with E-state index in [1.54, 1.807) is 36.9 Å². The van der Waals surface area contributed by atoms with Crippen LogP contribution >= 0.6 is 23.1 Å². The van der Waals surface area contributed by atoms with Gasteiger partial charge in [-0.3, -0.25) is 4.79 Å². The number of benzene rings is 1. The molecule has 2 aromatic heterocycles. The fraction of sp³-hybridized carbons (Fsp3) is 0.381. The van der Waals surface area contributed by atoms with Gasteiger partial charge in [-0.2, -0.15) is 4.31 Å². The van der Waals surface area contributed by atoms with E-state index in [0.29, 0.717) is 18.5 Å². The van der Waals surface area contributed by atoms with Gasteiger partial charge in [0.1, 0.15) is 10.6 Å². The highest BCUT2D eigenvalue weighted by molar-refractivity contribution is 8.01. The Bertz CT molecular complexity index is 1190. The molecule has 0 saturated carbocycles. The molecule has 1 fully saturated rings. The van der Waals surface area contributed by atoms with Crippen LogP contribution in [0.2, 0.25) is 0 Å². The van der Waals surface area contributed by atoms with Gasteiger partial charge in [-0.15, -0.1) is 11.3 Å². The number of anilines is 1. The number of aryl methyl sites for hydroxylation is 3. The van der Waals surface area contributed by atoms with E-state index in [1.807, 2.05) is 36.6 Å². The maximum Gasteiger partial charge on any atom is 0.248 e. The van der Waals surface area contributed by atoms with Crippen LogP contribution in [0.5, 0.6) is 0 Å². The second-order valence-electron chi connectivity index (χ2n) is 7.70. The Morgan fingerprint density at radius 1 is 1.19 bits per heavy atom. The van der Waals surface area contributed by atoms with E-state index in [4.69, 9.17) is 4.52 Å². The molecule has 0 radical (unpaired) electrons. The van der Waals surface area contributed by atoms with Gasteiger partial charge in [0.25, 0.3) is 0 Å². The first-order valence-electron chi connectivity index (χ1n) is 10.2. The van der Waals surface area contributed by atoms with Gasteiger partial charge < -0.3 is 9.84 Å². The molecular formula is C21H24N4O4S3. The van der Waals surface area contributed by atoms with E-state index in [0.717, 1.165) is 20.6 Å². The average Bonchev–Trinajstić information content (AvgIpc) is 3.33. The van der Waals surface area contributed by atoms with Gasteiger partial charge in [0.15, 0.2) is 10.1 Å². The van der Waals surface area contributed by atoms with E-state index in [1.165, 1.54) is 4.31 Å². The number of aromatic nitrogens is 2. The lowest BCUT2D eigenvalue weighted by molar-refractivity contribution is -0.120. The van der Waals surface area contributed by atoms with Crippen LogP contribution in [0.1, 0.15) is 30.0 Å². The molecule has 1 amide bonds. The van der Waals surface area contributed by atoms with Crippen molar-refractivity contribution in [2.45, 2.75) is 47.7 Å². The lowest BCUT2D eigenvalue weighted by atomic mass is 9.97. The summed E-state index contributed by atoms with van der Waals surface area (Å²) in [6, 6.07) is 7.65. The van der Waals surface area contributed by atoms with Gasteiger partial charge in [-0.25, -0.2) is 13.4 Å². The number of thiazole rings is 1. The number of nitrogens with one attached hydrogen (secondary N) is 1. The predicted molar refractivity (Wildman–Crippen MR) is 124 cm³/mol. The Morgan fingerprint density at radius 3 is 2.44 bits per heavy atom. The average molecular weight is 493 g/mol. The number of amides is 1. The molecule has 3 aromatic rings. The van der Waals surface area contributed by atoms with Crippen molar-refractivity contribution in [3.05, 3.63) is 46.8 Å². The van der Waals surface area contributed by atoms with E-state index in [9.17, 15) is 13.2 Å². The number of carbonyl (C=O) groups excluding carboxylic acids is 1.